The number of carbonyl (C=O) groups is 3. The van der Waals surface area contributed by atoms with Crippen LogP contribution in [0.15, 0.2) is 55.1 Å². The number of halogens is 1. The fraction of sp³-hybridized carbons (Fsp3) is 0.500. The summed E-state index contributed by atoms with van der Waals surface area (Å²) >= 11 is 6.37. The van der Waals surface area contributed by atoms with Crippen LogP contribution in [0.2, 0.25) is 0 Å². The highest BCUT2D eigenvalue weighted by Gasteiger charge is 2.47. The van der Waals surface area contributed by atoms with Crippen LogP contribution < -0.4 is 19.3 Å². The van der Waals surface area contributed by atoms with Gasteiger partial charge in [0.2, 0.25) is 5.91 Å². The second-order valence-electron chi connectivity index (χ2n) is 14.5. The van der Waals surface area contributed by atoms with Crippen molar-refractivity contribution in [2.24, 2.45) is 0 Å². The minimum Gasteiger partial charge on any atom is -0.507 e. The second-order valence-corrected chi connectivity index (χ2v) is 14.8. The Morgan fingerprint density at radius 1 is 1.02 bits per heavy atom. The van der Waals surface area contributed by atoms with E-state index in [0.717, 1.165) is 47.7 Å². The minimum absolute atomic E-state index is 0.0153. The van der Waals surface area contributed by atoms with Gasteiger partial charge in [0.05, 0.1) is 36.7 Å². The monoisotopic (exact) mass is 775 g/mol. The molecule has 0 aromatic heterocycles. The maximum absolute atomic E-state index is 14.2. The number of phenolic OH excluding ortho intramolecular Hbond substituents is 1. The first-order valence-corrected chi connectivity index (χ1v) is 20.0. The largest absolute Gasteiger partial charge is 0.507 e. The molecule has 2 unspecified atom stereocenters. The van der Waals surface area contributed by atoms with Crippen molar-refractivity contribution >= 4 is 51.7 Å². The van der Waals surface area contributed by atoms with Crippen LogP contribution in [0.4, 0.5) is 16.2 Å². The SMILES string of the molecule is C=CCOC(=O)N1c2cc(OCCCCCC(=O)N3C[C@@H](CCl)c4c3cc(O)c3ccccc43)c(OC)cc2C(=O)N2CCCC[C@H]2C1OC1CCCCO1. The van der Waals surface area contributed by atoms with Gasteiger partial charge in [0.1, 0.15) is 12.4 Å². The summed E-state index contributed by atoms with van der Waals surface area (Å²) < 4.78 is 30.2. The van der Waals surface area contributed by atoms with Gasteiger partial charge in [0.15, 0.2) is 24.0 Å². The lowest BCUT2D eigenvalue weighted by molar-refractivity contribution is -0.198. The van der Waals surface area contributed by atoms with Crippen LogP contribution in [0.5, 0.6) is 17.2 Å². The zero-order valence-electron chi connectivity index (χ0n) is 31.4. The number of benzene rings is 3. The van der Waals surface area contributed by atoms with Crippen molar-refractivity contribution < 1.29 is 43.2 Å². The van der Waals surface area contributed by atoms with Crippen LogP contribution in [0.25, 0.3) is 10.8 Å². The fourth-order valence-electron chi connectivity index (χ4n) is 8.35. The van der Waals surface area contributed by atoms with Crippen molar-refractivity contribution in [3.05, 3.63) is 66.2 Å². The molecule has 0 saturated carbocycles. The third-order valence-electron chi connectivity index (χ3n) is 11.0. The van der Waals surface area contributed by atoms with E-state index in [-0.39, 0.29) is 30.1 Å². The van der Waals surface area contributed by atoms with Gasteiger partial charge in [-0.1, -0.05) is 36.9 Å². The molecule has 4 heterocycles. The first-order chi connectivity index (χ1) is 26.8. The molecule has 1 N–H and O–H groups in total. The zero-order valence-corrected chi connectivity index (χ0v) is 32.1. The minimum atomic E-state index is -0.852. The molecule has 7 rings (SSSR count). The van der Waals surface area contributed by atoms with Crippen LogP contribution in [0.3, 0.4) is 0 Å². The van der Waals surface area contributed by atoms with Gasteiger partial charge in [-0.15, -0.1) is 11.6 Å². The molecule has 0 spiro atoms. The molecule has 2 fully saturated rings. The summed E-state index contributed by atoms with van der Waals surface area (Å²) in [6.45, 7) is 5.57. The van der Waals surface area contributed by atoms with Crippen molar-refractivity contribution in [3.8, 4) is 17.2 Å². The summed E-state index contributed by atoms with van der Waals surface area (Å²) in [4.78, 5) is 46.6. The van der Waals surface area contributed by atoms with Crippen LogP contribution in [0.1, 0.15) is 86.0 Å². The number of hydrogen-bond acceptors (Lipinski definition) is 9. The van der Waals surface area contributed by atoms with Gasteiger partial charge in [-0.25, -0.2) is 9.69 Å². The highest BCUT2D eigenvalue weighted by atomic mass is 35.5. The van der Waals surface area contributed by atoms with Gasteiger partial charge in [-0.2, -0.15) is 0 Å². The Balaban J connectivity index is 1.05. The molecule has 0 aliphatic carbocycles. The van der Waals surface area contributed by atoms with E-state index in [1.807, 2.05) is 24.3 Å². The number of hydrogen-bond donors (Lipinski definition) is 1. The van der Waals surface area contributed by atoms with Crippen LogP contribution in [-0.2, 0) is 19.0 Å². The standard InChI is InChI=1S/C42H50ClN3O9/c1-3-19-54-42(50)46-32-24-36(35(51-2)22-30(32)40(49)44-18-10-8-15-31(44)41(46)55-38-17-9-12-21-53-38)52-20-11-4-5-16-37(48)45-26-27(25-43)39-29-14-7-6-13-28(29)34(47)23-33(39)45/h3,6-7,13-14,22-24,27,31,38,41,47H,1,4-5,8-12,15-21,25-26H2,2H3/t27-,31+,38?,41?/m1/s1. The first-order valence-electron chi connectivity index (χ1n) is 19.4. The highest BCUT2D eigenvalue weighted by Crippen LogP contribution is 2.46. The molecule has 12 nitrogen and oxygen atoms in total. The Bertz CT molecular complexity index is 1900. The molecule has 4 aliphatic heterocycles. The van der Waals surface area contributed by atoms with Crippen LogP contribution >= 0.6 is 11.6 Å². The van der Waals surface area contributed by atoms with Crippen molar-refractivity contribution in [2.75, 3.05) is 55.7 Å². The third kappa shape index (κ3) is 7.95. The number of phenols is 1. The molecule has 3 amide bonds. The molecule has 294 valence electrons. The number of carbonyl (C=O) groups excluding carboxylic acids is 3. The quantitative estimate of drug-likeness (QED) is 0.105. The summed E-state index contributed by atoms with van der Waals surface area (Å²) in [5.41, 5.74) is 2.34. The molecule has 2 saturated heterocycles. The van der Waals surface area contributed by atoms with Gasteiger partial charge in [-0.05, 0) is 74.8 Å². The van der Waals surface area contributed by atoms with Gasteiger partial charge < -0.3 is 38.6 Å². The number of rotatable bonds is 13. The summed E-state index contributed by atoms with van der Waals surface area (Å²) in [6.07, 6.45) is 6.73. The normalized spacial score (nSPS) is 22.1. The number of methoxy groups -OCH3 is 1. The van der Waals surface area contributed by atoms with E-state index in [0.29, 0.717) is 93.5 Å². The van der Waals surface area contributed by atoms with E-state index < -0.39 is 24.7 Å². The summed E-state index contributed by atoms with van der Waals surface area (Å²) in [6, 6.07) is 12.2. The highest BCUT2D eigenvalue weighted by molar-refractivity contribution is 6.19. The van der Waals surface area contributed by atoms with E-state index in [1.165, 1.54) is 18.1 Å². The Morgan fingerprint density at radius 2 is 1.84 bits per heavy atom. The van der Waals surface area contributed by atoms with Crippen molar-refractivity contribution in [2.45, 2.75) is 88.7 Å². The van der Waals surface area contributed by atoms with Gasteiger partial charge in [-0.3, -0.25) is 9.59 Å². The third-order valence-corrected chi connectivity index (χ3v) is 11.4. The Kier molecular flexibility index (Phi) is 12.3. The van der Waals surface area contributed by atoms with Gasteiger partial charge in [0, 0.05) is 55.4 Å². The molecule has 3 aromatic carbocycles. The fourth-order valence-corrected chi connectivity index (χ4v) is 8.60. The predicted octanol–water partition coefficient (Wildman–Crippen LogP) is 7.87. The molecule has 0 bridgehead atoms. The number of unbranched alkanes of at least 4 members (excludes halogenated alkanes) is 2. The lowest BCUT2D eigenvalue weighted by Crippen LogP contribution is -2.57. The Hall–Kier alpha value is -4.52. The Morgan fingerprint density at radius 3 is 2.60 bits per heavy atom. The second kappa shape index (κ2) is 17.5. The lowest BCUT2D eigenvalue weighted by atomic mass is 9.95. The molecular formula is C42H50ClN3O9. The van der Waals surface area contributed by atoms with E-state index in [1.54, 1.807) is 28.0 Å². The zero-order chi connectivity index (χ0) is 38.5. The smallest absolute Gasteiger partial charge is 0.416 e. The van der Waals surface area contributed by atoms with Gasteiger partial charge in [0.25, 0.3) is 5.91 Å². The molecule has 13 heteroatoms. The Labute approximate surface area is 326 Å². The lowest BCUT2D eigenvalue weighted by Gasteiger charge is -2.42. The molecule has 4 aliphatic rings. The predicted molar refractivity (Wildman–Crippen MR) is 210 cm³/mol. The average Bonchev–Trinajstić information content (AvgIpc) is 3.55. The molecule has 3 aromatic rings. The number of anilines is 2. The van der Waals surface area contributed by atoms with E-state index in [4.69, 9.17) is 35.3 Å². The van der Waals surface area contributed by atoms with Gasteiger partial charge >= 0.3 is 6.09 Å². The summed E-state index contributed by atoms with van der Waals surface area (Å²) in [5.74, 6) is 0.998. The van der Waals surface area contributed by atoms with Crippen molar-refractivity contribution in [1.82, 2.24) is 4.90 Å². The molecule has 4 atom stereocenters. The molecular weight excluding hydrogens is 726 g/mol. The number of amides is 3. The van der Waals surface area contributed by atoms with Crippen LogP contribution in [-0.4, -0.2) is 92.4 Å². The summed E-state index contributed by atoms with van der Waals surface area (Å²) in [7, 11) is 1.52. The molecule has 55 heavy (non-hydrogen) atoms. The summed E-state index contributed by atoms with van der Waals surface area (Å²) in [5, 5.41) is 12.4. The number of nitrogens with zero attached hydrogens (tertiary/aromatic N) is 3. The van der Waals surface area contributed by atoms with Crippen LogP contribution in [0, 0.1) is 0 Å². The number of alkyl halides is 1. The van der Waals surface area contributed by atoms with Crippen molar-refractivity contribution in [3.63, 3.8) is 0 Å². The van der Waals surface area contributed by atoms with E-state index in [9.17, 15) is 19.5 Å². The maximum atomic E-state index is 14.2. The maximum Gasteiger partial charge on any atom is 0.416 e. The number of fused-ring (bicyclic) bond motifs is 5. The number of piperidine rings is 1. The first kappa shape index (κ1) is 38.7. The molecule has 0 radical (unpaired) electrons. The number of ether oxygens (including phenoxy) is 5. The topological polar surface area (TPSA) is 127 Å². The van der Waals surface area contributed by atoms with E-state index >= 15 is 0 Å². The number of aromatic hydroxyl groups is 1. The average molecular weight is 776 g/mol. The van der Waals surface area contributed by atoms with E-state index in [2.05, 4.69) is 6.58 Å². The van der Waals surface area contributed by atoms with Crippen molar-refractivity contribution in [1.29, 1.82) is 0 Å².